The molecule has 0 spiro atoms. The molecule has 0 bridgehead atoms. The molecule has 2 aromatic rings. The molecule has 114 valence electrons. The maximum Gasteiger partial charge on any atom is 0.230 e. The molecule has 2 heterocycles. The zero-order valence-corrected chi connectivity index (χ0v) is 12.7. The van der Waals surface area contributed by atoms with Crippen LogP contribution in [0, 0.1) is 0 Å². The molecule has 2 aromatic heterocycles. The number of nitrogens with one attached hydrogen (secondary N) is 1. The Kier molecular flexibility index (Phi) is 3.75. The van der Waals surface area contributed by atoms with Crippen LogP contribution in [-0.4, -0.2) is 32.7 Å². The number of fused-ring (bicyclic) bond motifs is 1. The number of hydrogen-bond acceptors (Lipinski definition) is 6. The summed E-state index contributed by atoms with van der Waals surface area (Å²) in [4.78, 5) is 4.62. The summed E-state index contributed by atoms with van der Waals surface area (Å²) in [7, 11) is 1.70. The molecule has 0 aromatic carbocycles. The van der Waals surface area contributed by atoms with Gasteiger partial charge in [-0.3, -0.25) is 0 Å². The maximum atomic E-state index is 5.65. The molecular formula is C14H21N5O2. The van der Waals surface area contributed by atoms with E-state index in [1.807, 2.05) is 0 Å². The number of aryl methyl sites for hydroxylation is 1. The summed E-state index contributed by atoms with van der Waals surface area (Å²) < 4.78 is 11.2. The lowest BCUT2D eigenvalue weighted by Crippen LogP contribution is -2.28. The van der Waals surface area contributed by atoms with Crippen molar-refractivity contribution in [1.29, 1.82) is 0 Å². The van der Waals surface area contributed by atoms with Crippen molar-refractivity contribution in [3.05, 3.63) is 23.1 Å². The lowest BCUT2D eigenvalue weighted by molar-refractivity contribution is -0.0306. The van der Waals surface area contributed by atoms with Crippen LogP contribution in [0.5, 0.6) is 0 Å². The predicted molar refractivity (Wildman–Crippen MR) is 74.7 cm³/mol. The zero-order valence-electron chi connectivity index (χ0n) is 12.7. The maximum absolute atomic E-state index is 5.65. The van der Waals surface area contributed by atoms with E-state index in [-0.39, 0.29) is 5.92 Å². The number of methoxy groups -OCH3 is 1. The number of aromatic nitrogens is 5. The third-order valence-corrected chi connectivity index (χ3v) is 4.60. The molecule has 7 nitrogen and oxygen atoms in total. The molecule has 0 aliphatic heterocycles. The molecule has 7 heteroatoms. The van der Waals surface area contributed by atoms with E-state index < -0.39 is 5.60 Å². The summed E-state index contributed by atoms with van der Waals surface area (Å²) in [5.41, 5.74) is 1.62. The normalized spacial score (nSPS) is 18.7. The third kappa shape index (κ3) is 2.35. The van der Waals surface area contributed by atoms with Crippen molar-refractivity contribution >= 4 is 0 Å². The number of rotatable bonds is 5. The van der Waals surface area contributed by atoms with Crippen molar-refractivity contribution in [3.8, 4) is 0 Å². The van der Waals surface area contributed by atoms with Crippen molar-refractivity contribution in [1.82, 2.24) is 25.6 Å². The van der Waals surface area contributed by atoms with Crippen LogP contribution >= 0.6 is 0 Å². The number of H-pyrrole nitrogens is 1. The van der Waals surface area contributed by atoms with Crippen LogP contribution in [0.3, 0.4) is 0 Å². The van der Waals surface area contributed by atoms with Crippen molar-refractivity contribution in [2.75, 3.05) is 7.11 Å². The van der Waals surface area contributed by atoms with E-state index in [2.05, 4.69) is 39.4 Å². The van der Waals surface area contributed by atoms with Crippen LogP contribution in [0.15, 0.2) is 4.52 Å². The Hall–Kier alpha value is -1.76. The third-order valence-electron chi connectivity index (χ3n) is 4.60. The van der Waals surface area contributed by atoms with Gasteiger partial charge in [-0.15, -0.1) is 0 Å². The van der Waals surface area contributed by atoms with E-state index in [1.54, 1.807) is 7.11 Å². The molecular weight excluding hydrogens is 270 g/mol. The molecule has 1 unspecified atom stereocenters. The highest BCUT2D eigenvalue weighted by atomic mass is 16.5. The summed E-state index contributed by atoms with van der Waals surface area (Å²) in [6, 6.07) is 0. The van der Waals surface area contributed by atoms with Crippen LogP contribution < -0.4 is 0 Å². The Bertz CT molecular complexity index is 594. The molecule has 1 atom stereocenters. The van der Waals surface area contributed by atoms with Gasteiger partial charge >= 0.3 is 0 Å². The molecule has 0 saturated carbocycles. The minimum atomic E-state index is -0.449. The zero-order chi connectivity index (χ0) is 14.9. The van der Waals surface area contributed by atoms with Gasteiger partial charge in [0.05, 0.1) is 11.4 Å². The van der Waals surface area contributed by atoms with Gasteiger partial charge < -0.3 is 9.26 Å². The van der Waals surface area contributed by atoms with Gasteiger partial charge in [0.25, 0.3) is 0 Å². The summed E-state index contributed by atoms with van der Waals surface area (Å²) in [5, 5.41) is 15.2. The quantitative estimate of drug-likeness (QED) is 0.907. The second kappa shape index (κ2) is 5.55. The van der Waals surface area contributed by atoms with Crippen molar-refractivity contribution in [2.24, 2.45) is 0 Å². The van der Waals surface area contributed by atoms with Gasteiger partial charge in [-0.2, -0.15) is 20.4 Å². The van der Waals surface area contributed by atoms with Gasteiger partial charge in [0, 0.05) is 19.4 Å². The van der Waals surface area contributed by atoms with E-state index in [4.69, 9.17) is 9.26 Å². The molecule has 3 rings (SSSR count). The summed E-state index contributed by atoms with van der Waals surface area (Å²) in [6.45, 7) is 4.15. The second-order valence-electron chi connectivity index (χ2n) is 5.52. The van der Waals surface area contributed by atoms with E-state index in [0.717, 1.165) is 43.5 Å². The minimum Gasteiger partial charge on any atom is -0.370 e. The van der Waals surface area contributed by atoms with E-state index in [0.29, 0.717) is 11.7 Å². The van der Waals surface area contributed by atoms with Crippen LogP contribution in [-0.2, 0) is 23.2 Å². The first-order valence-electron chi connectivity index (χ1n) is 7.50. The first-order valence-corrected chi connectivity index (χ1v) is 7.50. The topological polar surface area (TPSA) is 89.7 Å². The molecule has 0 amide bonds. The molecule has 1 N–H and O–H groups in total. The van der Waals surface area contributed by atoms with Crippen LogP contribution in [0.4, 0.5) is 0 Å². The molecule has 0 saturated heterocycles. The van der Waals surface area contributed by atoms with E-state index in [1.165, 1.54) is 0 Å². The van der Waals surface area contributed by atoms with E-state index >= 15 is 0 Å². The van der Waals surface area contributed by atoms with Gasteiger partial charge in [0.15, 0.2) is 0 Å². The van der Waals surface area contributed by atoms with Gasteiger partial charge in [0.1, 0.15) is 5.60 Å². The lowest BCUT2D eigenvalue weighted by atomic mass is 9.89. The molecule has 1 aliphatic carbocycles. The van der Waals surface area contributed by atoms with Crippen molar-refractivity contribution in [2.45, 2.75) is 57.5 Å². The molecule has 0 fully saturated rings. The number of nitrogens with zero attached hydrogens (tertiary/aromatic N) is 4. The first kappa shape index (κ1) is 14.2. The largest absolute Gasteiger partial charge is 0.370 e. The van der Waals surface area contributed by atoms with Crippen molar-refractivity contribution < 1.29 is 9.26 Å². The van der Waals surface area contributed by atoms with E-state index in [9.17, 15) is 0 Å². The average molecular weight is 291 g/mol. The minimum absolute atomic E-state index is 0.215. The Labute approximate surface area is 123 Å². The Balaban J connectivity index is 1.83. The first-order chi connectivity index (χ1) is 10.2. The van der Waals surface area contributed by atoms with Gasteiger partial charge in [-0.05, 0) is 25.7 Å². The fourth-order valence-electron chi connectivity index (χ4n) is 3.03. The Morgan fingerprint density at radius 1 is 1.29 bits per heavy atom. The number of aromatic amines is 1. The predicted octanol–water partition coefficient (Wildman–Crippen LogP) is 2.12. The summed E-state index contributed by atoms with van der Waals surface area (Å²) in [5.74, 6) is 1.55. The highest BCUT2D eigenvalue weighted by Gasteiger charge is 2.35. The molecule has 21 heavy (non-hydrogen) atoms. The summed E-state index contributed by atoms with van der Waals surface area (Å²) in [6.07, 6.45) is 4.28. The lowest BCUT2D eigenvalue weighted by Gasteiger charge is -2.26. The highest BCUT2D eigenvalue weighted by Crippen LogP contribution is 2.34. The fraction of sp³-hybridized carbons (Fsp3) is 0.714. The second-order valence-corrected chi connectivity index (χ2v) is 5.52. The number of ether oxygens (including phenoxy) is 1. The standard InChI is InChI=1S/C14H21N5O2/c1-4-14(5-2,20-3)13-15-12(21-18-13)9-6-7-10-11(8-9)17-19-16-10/h9H,4-8H2,1-3H3,(H,16,17,19). The monoisotopic (exact) mass is 291 g/mol. The van der Waals surface area contributed by atoms with Crippen LogP contribution in [0.25, 0.3) is 0 Å². The number of hydrogen-bond donors (Lipinski definition) is 1. The highest BCUT2D eigenvalue weighted by molar-refractivity contribution is 5.17. The van der Waals surface area contributed by atoms with Crippen LogP contribution in [0.1, 0.15) is 62.1 Å². The van der Waals surface area contributed by atoms with Gasteiger partial charge in [0.2, 0.25) is 11.7 Å². The SMILES string of the molecule is CCC(CC)(OC)c1noc(C2CCc3n[nH]nc3C2)n1. The van der Waals surface area contributed by atoms with Crippen LogP contribution in [0.2, 0.25) is 0 Å². The smallest absolute Gasteiger partial charge is 0.230 e. The molecule has 1 aliphatic rings. The fourth-order valence-corrected chi connectivity index (χ4v) is 3.03. The van der Waals surface area contributed by atoms with Crippen molar-refractivity contribution in [3.63, 3.8) is 0 Å². The van der Waals surface area contributed by atoms with Gasteiger partial charge in [-0.1, -0.05) is 19.0 Å². The Morgan fingerprint density at radius 2 is 2.05 bits per heavy atom. The van der Waals surface area contributed by atoms with Gasteiger partial charge in [-0.25, -0.2) is 0 Å². The molecule has 0 radical (unpaired) electrons. The Morgan fingerprint density at radius 3 is 2.76 bits per heavy atom. The summed E-state index contributed by atoms with van der Waals surface area (Å²) >= 11 is 0. The average Bonchev–Trinajstić information content (AvgIpc) is 3.18.